The SMILES string of the molecule is CC#CC1=CCCCC=C1. The number of hydrogen-bond acceptors (Lipinski definition) is 0. The van der Waals surface area contributed by atoms with Gasteiger partial charge in [-0.15, -0.1) is 5.92 Å². The molecule has 0 N–H and O–H groups in total. The Balaban J connectivity index is 2.67. The maximum atomic E-state index is 3.05. The summed E-state index contributed by atoms with van der Waals surface area (Å²) >= 11 is 0. The van der Waals surface area contributed by atoms with Crippen molar-refractivity contribution in [1.82, 2.24) is 0 Å². The van der Waals surface area contributed by atoms with Crippen LogP contribution in [0.25, 0.3) is 0 Å². The van der Waals surface area contributed by atoms with E-state index in [-0.39, 0.29) is 0 Å². The molecule has 0 aromatic rings. The van der Waals surface area contributed by atoms with E-state index in [1.165, 1.54) is 24.8 Å². The fraction of sp³-hybridized carbons (Fsp3) is 0.400. The van der Waals surface area contributed by atoms with Crippen molar-refractivity contribution < 1.29 is 0 Å². The highest BCUT2D eigenvalue weighted by Gasteiger charge is 1.90. The standard InChI is InChI=1S/C10H12/c1-2-7-10-8-5-3-4-6-9-10/h5,8-9H,3-4,6H2,1H3. The van der Waals surface area contributed by atoms with Gasteiger partial charge >= 0.3 is 0 Å². The van der Waals surface area contributed by atoms with Crippen LogP contribution < -0.4 is 0 Å². The summed E-state index contributed by atoms with van der Waals surface area (Å²) in [5.41, 5.74) is 1.18. The minimum Gasteiger partial charge on any atom is -0.101 e. The van der Waals surface area contributed by atoms with Gasteiger partial charge in [-0.3, -0.25) is 0 Å². The number of allylic oxidation sites excluding steroid dienone is 4. The molecule has 0 saturated heterocycles. The first kappa shape index (κ1) is 7.15. The maximum Gasteiger partial charge on any atom is 0.0202 e. The topological polar surface area (TPSA) is 0 Å². The van der Waals surface area contributed by atoms with Crippen LogP contribution in [0.4, 0.5) is 0 Å². The quantitative estimate of drug-likeness (QED) is 0.444. The summed E-state index contributed by atoms with van der Waals surface area (Å²) < 4.78 is 0. The predicted molar refractivity (Wildman–Crippen MR) is 44.5 cm³/mol. The lowest BCUT2D eigenvalue weighted by molar-refractivity contribution is 0.875. The third kappa shape index (κ3) is 2.11. The Labute approximate surface area is 62.6 Å². The van der Waals surface area contributed by atoms with Crippen LogP contribution >= 0.6 is 0 Å². The molecular formula is C10H12. The first-order chi connectivity index (χ1) is 4.93. The molecule has 0 heteroatoms. The Hall–Kier alpha value is -0.960. The van der Waals surface area contributed by atoms with Gasteiger partial charge in [-0.1, -0.05) is 24.1 Å². The van der Waals surface area contributed by atoms with Gasteiger partial charge in [0.25, 0.3) is 0 Å². The van der Waals surface area contributed by atoms with Gasteiger partial charge in [0.2, 0.25) is 0 Å². The van der Waals surface area contributed by atoms with E-state index in [0.29, 0.717) is 0 Å². The molecule has 0 saturated carbocycles. The monoisotopic (exact) mass is 132 g/mol. The van der Waals surface area contributed by atoms with Crippen LogP contribution in [0.2, 0.25) is 0 Å². The van der Waals surface area contributed by atoms with Crippen LogP contribution in [0.15, 0.2) is 23.8 Å². The van der Waals surface area contributed by atoms with E-state index in [0.717, 1.165) is 0 Å². The van der Waals surface area contributed by atoms with Crippen molar-refractivity contribution in [2.24, 2.45) is 0 Å². The van der Waals surface area contributed by atoms with Gasteiger partial charge in [-0.25, -0.2) is 0 Å². The molecule has 0 aliphatic heterocycles. The van der Waals surface area contributed by atoms with Crippen LogP contribution in [0.1, 0.15) is 26.2 Å². The molecule has 0 nitrogen and oxygen atoms in total. The summed E-state index contributed by atoms with van der Waals surface area (Å²) in [6.07, 6.45) is 10.2. The van der Waals surface area contributed by atoms with Gasteiger partial charge in [0, 0.05) is 5.57 Å². The van der Waals surface area contributed by atoms with Gasteiger partial charge in [-0.05, 0) is 26.2 Å². The zero-order valence-corrected chi connectivity index (χ0v) is 6.35. The van der Waals surface area contributed by atoms with Crippen molar-refractivity contribution in [3.8, 4) is 11.8 Å². The molecule has 0 bridgehead atoms. The molecule has 0 atom stereocenters. The Morgan fingerprint density at radius 1 is 1.40 bits per heavy atom. The zero-order valence-electron chi connectivity index (χ0n) is 6.35. The van der Waals surface area contributed by atoms with Gasteiger partial charge in [0.15, 0.2) is 0 Å². The highest BCUT2D eigenvalue weighted by atomic mass is 14.0. The summed E-state index contributed by atoms with van der Waals surface area (Å²) in [5, 5.41) is 0. The molecule has 0 radical (unpaired) electrons. The van der Waals surface area contributed by atoms with Crippen LogP contribution in [-0.4, -0.2) is 0 Å². The minimum atomic E-state index is 1.18. The molecule has 0 heterocycles. The molecule has 1 aliphatic carbocycles. The van der Waals surface area contributed by atoms with E-state index in [9.17, 15) is 0 Å². The van der Waals surface area contributed by atoms with Crippen molar-refractivity contribution in [3.05, 3.63) is 23.8 Å². The lowest BCUT2D eigenvalue weighted by Gasteiger charge is -1.84. The highest BCUT2D eigenvalue weighted by Crippen LogP contribution is 2.08. The van der Waals surface area contributed by atoms with E-state index in [2.05, 4.69) is 30.1 Å². The van der Waals surface area contributed by atoms with E-state index < -0.39 is 0 Å². The van der Waals surface area contributed by atoms with Gasteiger partial charge in [0.1, 0.15) is 0 Å². The second kappa shape index (κ2) is 3.95. The predicted octanol–water partition coefficient (Wildman–Crippen LogP) is 2.68. The Morgan fingerprint density at radius 3 is 3.10 bits per heavy atom. The summed E-state index contributed by atoms with van der Waals surface area (Å²) in [6.45, 7) is 1.87. The second-order valence-corrected chi connectivity index (χ2v) is 2.37. The second-order valence-electron chi connectivity index (χ2n) is 2.37. The summed E-state index contributed by atoms with van der Waals surface area (Å²) in [6, 6.07) is 0. The van der Waals surface area contributed by atoms with Gasteiger partial charge in [-0.2, -0.15) is 0 Å². The molecule has 0 fully saturated rings. The fourth-order valence-electron chi connectivity index (χ4n) is 1.01. The van der Waals surface area contributed by atoms with Crippen LogP contribution in [-0.2, 0) is 0 Å². The summed E-state index contributed by atoms with van der Waals surface area (Å²) in [5.74, 6) is 5.94. The molecule has 0 aromatic carbocycles. The first-order valence-electron chi connectivity index (χ1n) is 3.73. The Kier molecular flexibility index (Phi) is 2.83. The lowest BCUT2D eigenvalue weighted by Crippen LogP contribution is -1.68. The smallest absolute Gasteiger partial charge is 0.0202 e. The van der Waals surface area contributed by atoms with Gasteiger partial charge < -0.3 is 0 Å². The number of rotatable bonds is 0. The molecule has 0 aromatic heterocycles. The molecule has 10 heavy (non-hydrogen) atoms. The normalized spacial score (nSPS) is 16.7. The van der Waals surface area contributed by atoms with E-state index in [1.807, 2.05) is 6.92 Å². The van der Waals surface area contributed by atoms with Crippen LogP contribution in [0.5, 0.6) is 0 Å². The summed E-state index contributed by atoms with van der Waals surface area (Å²) in [4.78, 5) is 0. The molecular weight excluding hydrogens is 120 g/mol. The van der Waals surface area contributed by atoms with E-state index in [4.69, 9.17) is 0 Å². The van der Waals surface area contributed by atoms with Gasteiger partial charge in [0.05, 0.1) is 0 Å². The van der Waals surface area contributed by atoms with Crippen molar-refractivity contribution in [1.29, 1.82) is 0 Å². The molecule has 1 rings (SSSR count). The zero-order chi connectivity index (χ0) is 7.23. The van der Waals surface area contributed by atoms with E-state index in [1.54, 1.807) is 0 Å². The largest absolute Gasteiger partial charge is 0.101 e. The minimum absolute atomic E-state index is 1.18. The average molecular weight is 132 g/mol. The first-order valence-corrected chi connectivity index (χ1v) is 3.73. The van der Waals surface area contributed by atoms with E-state index >= 15 is 0 Å². The molecule has 0 amide bonds. The Bertz CT molecular complexity index is 208. The molecule has 0 unspecified atom stereocenters. The van der Waals surface area contributed by atoms with Crippen molar-refractivity contribution >= 4 is 0 Å². The molecule has 52 valence electrons. The average Bonchev–Trinajstić information content (AvgIpc) is 2.17. The lowest BCUT2D eigenvalue weighted by atomic mass is 10.2. The molecule has 0 spiro atoms. The van der Waals surface area contributed by atoms with Crippen molar-refractivity contribution in [2.75, 3.05) is 0 Å². The fourth-order valence-corrected chi connectivity index (χ4v) is 1.01. The maximum absolute atomic E-state index is 3.05. The number of hydrogen-bond donors (Lipinski definition) is 0. The summed E-state index contributed by atoms with van der Waals surface area (Å²) in [7, 11) is 0. The van der Waals surface area contributed by atoms with Crippen LogP contribution in [0, 0.1) is 11.8 Å². The van der Waals surface area contributed by atoms with Crippen molar-refractivity contribution in [2.45, 2.75) is 26.2 Å². The van der Waals surface area contributed by atoms with Crippen molar-refractivity contribution in [3.63, 3.8) is 0 Å². The Morgan fingerprint density at radius 2 is 2.30 bits per heavy atom. The van der Waals surface area contributed by atoms with Crippen LogP contribution in [0.3, 0.4) is 0 Å². The highest BCUT2D eigenvalue weighted by molar-refractivity contribution is 5.38. The third-order valence-electron chi connectivity index (χ3n) is 1.51. The third-order valence-corrected chi connectivity index (χ3v) is 1.51. The molecule has 1 aliphatic rings.